The number of nitrogens with zero attached hydrogens (tertiary/aromatic N) is 2. The molecule has 0 radical (unpaired) electrons. The molecule has 0 bridgehead atoms. The van der Waals surface area contributed by atoms with Crippen LogP contribution in [0.2, 0.25) is 5.02 Å². The SMILES string of the molecule is CCCCNC(=O)C(CC)N(Cc1ccc(Cl)cc1)C(=O)CN(c1cccc(C)c1)S(=O)(=O)c1ccc(C)cc1. The zero-order valence-electron chi connectivity index (χ0n) is 23.6. The maximum atomic E-state index is 14.1. The number of amides is 2. The van der Waals surface area contributed by atoms with E-state index in [1.54, 1.807) is 66.7 Å². The molecule has 3 aromatic rings. The summed E-state index contributed by atoms with van der Waals surface area (Å²) in [4.78, 5) is 28.9. The summed E-state index contributed by atoms with van der Waals surface area (Å²) in [7, 11) is -4.10. The van der Waals surface area contributed by atoms with Gasteiger partial charge in [-0.3, -0.25) is 13.9 Å². The minimum Gasteiger partial charge on any atom is -0.354 e. The number of aryl methyl sites for hydroxylation is 2. The number of halogens is 1. The number of anilines is 1. The number of nitrogens with one attached hydrogen (secondary N) is 1. The van der Waals surface area contributed by atoms with Crippen LogP contribution in [-0.2, 0) is 26.2 Å². The zero-order valence-corrected chi connectivity index (χ0v) is 25.1. The second-order valence-corrected chi connectivity index (χ2v) is 12.2. The number of rotatable bonds is 13. The summed E-state index contributed by atoms with van der Waals surface area (Å²) in [5.74, 6) is -0.744. The Labute approximate surface area is 243 Å². The van der Waals surface area contributed by atoms with E-state index in [0.29, 0.717) is 23.7 Å². The Hall–Kier alpha value is -3.36. The zero-order chi connectivity index (χ0) is 29.3. The van der Waals surface area contributed by atoms with Gasteiger partial charge in [-0.15, -0.1) is 0 Å². The quantitative estimate of drug-likeness (QED) is 0.255. The average Bonchev–Trinajstić information content (AvgIpc) is 2.93. The van der Waals surface area contributed by atoms with E-state index in [0.717, 1.165) is 33.8 Å². The van der Waals surface area contributed by atoms with Gasteiger partial charge in [0.1, 0.15) is 12.6 Å². The van der Waals surface area contributed by atoms with Crippen LogP contribution in [0.1, 0.15) is 49.8 Å². The molecule has 1 unspecified atom stereocenters. The van der Waals surface area contributed by atoms with Crippen LogP contribution in [-0.4, -0.2) is 44.3 Å². The Morgan fingerprint density at radius 3 is 2.20 bits per heavy atom. The summed E-state index contributed by atoms with van der Waals surface area (Å²) in [5, 5.41) is 3.49. The fourth-order valence-corrected chi connectivity index (χ4v) is 5.89. The Morgan fingerprint density at radius 1 is 0.925 bits per heavy atom. The van der Waals surface area contributed by atoms with Crippen LogP contribution < -0.4 is 9.62 Å². The first kappa shape index (κ1) is 31.2. The van der Waals surface area contributed by atoms with Gasteiger partial charge in [0.15, 0.2) is 0 Å². The van der Waals surface area contributed by atoms with Gasteiger partial charge in [-0.05, 0) is 74.2 Å². The molecule has 0 aliphatic rings. The predicted octanol–water partition coefficient (Wildman–Crippen LogP) is 5.88. The molecule has 1 atom stereocenters. The first-order valence-corrected chi connectivity index (χ1v) is 15.4. The summed E-state index contributed by atoms with van der Waals surface area (Å²) in [6.45, 7) is 7.79. The molecule has 2 amide bonds. The van der Waals surface area contributed by atoms with Crippen molar-refractivity contribution >= 4 is 39.1 Å². The third kappa shape index (κ3) is 8.08. The number of sulfonamides is 1. The normalized spacial score (nSPS) is 12.0. The summed E-state index contributed by atoms with van der Waals surface area (Å²) >= 11 is 6.07. The van der Waals surface area contributed by atoms with Crippen LogP contribution in [0.4, 0.5) is 5.69 Å². The van der Waals surface area contributed by atoms with Gasteiger partial charge in [-0.25, -0.2) is 8.42 Å². The molecule has 40 heavy (non-hydrogen) atoms. The molecular weight excluding hydrogens is 546 g/mol. The second-order valence-electron chi connectivity index (χ2n) is 9.88. The largest absolute Gasteiger partial charge is 0.354 e. The van der Waals surface area contributed by atoms with Gasteiger partial charge in [-0.2, -0.15) is 0 Å². The summed E-state index contributed by atoms with van der Waals surface area (Å²) in [6.07, 6.45) is 2.11. The number of unbranched alkanes of at least 4 members (excludes halogenated alkanes) is 1. The Balaban J connectivity index is 2.03. The highest BCUT2D eigenvalue weighted by Crippen LogP contribution is 2.26. The molecule has 0 spiro atoms. The van der Waals surface area contributed by atoms with Crippen molar-refractivity contribution in [2.45, 2.75) is 64.4 Å². The minimum atomic E-state index is -4.10. The van der Waals surface area contributed by atoms with Gasteiger partial charge in [0.05, 0.1) is 10.6 Å². The van der Waals surface area contributed by atoms with Crippen LogP contribution in [0.25, 0.3) is 0 Å². The molecule has 9 heteroatoms. The fraction of sp³-hybridized carbons (Fsp3) is 0.355. The molecule has 0 saturated heterocycles. The topological polar surface area (TPSA) is 86.8 Å². The number of carbonyl (C=O) groups is 2. The Morgan fingerprint density at radius 2 is 1.60 bits per heavy atom. The van der Waals surface area contributed by atoms with Gasteiger partial charge < -0.3 is 10.2 Å². The number of benzene rings is 3. The van der Waals surface area contributed by atoms with Crippen LogP contribution in [0.15, 0.2) is 77.7 Å². The second kappa shape index (κ2) is 14.3. The van der Waals surface area contributed by atoms with Gasteiger partial charge in [-0.1, -0.05) is 73.8 Å². The molecule has 3 aromatic carbocycles. The van der Waals surface area contributed by atoms with Crippen molar-refractivity contribution in [1.29, 1.82) is 0 Å². The van der Waals surface area contributed by atoms with Crippen LogP contribution in [0.3, 0.4) is 0 Å². The molecule has 0 aliphatic carbocycles. The maximum Gasteiger partial charge on any atom is 0.264 e. The number of hydrogen-bond acceptors (Lipinski definition) is 4. The van der Waals surface area contributed by atoms with Crippen molar-refractivity contribution in [3.63, 3.8) is 0 Å². The first-order valence-electron chi connectivity index (χ1n) is 13.5. The molecule has 3 rings (SSSR count). The molecule has 0 saturated carbocycles. The Kier molecular flexibility index (Phi) is 11.2. The van der Waals surface area contributed by atoms with E-state index in [9.17, 15) is 18.0 Å². The van der Waals surface area contributed by atoms with E-state index in [2.05, 4.69) is 5.32 Å². The van der Waals surface area contributed by atoms with Crippen molar-refractivity contribution in [3.05, 3.63) is 94.5 Å². The van der Waals surface area contributed by atoms with E-state index in [4.69, 9.17) is 11.6 Å². The molecule has 7 nitrogen and oxygen atoms in total. The Bertz CT molecular complexity index is 1390. The monoisotopic (exact) mass is 583 g/mol. The molecule has 0 heterocycles. The highest BCUT2D eigenvalue weighted by atomic mass is 35.5. The van der Waals surface area contributed by atoms with Gasteiger partial charge in [0.2, 0.25) is 11.8 Å². The molecule has 1 N–H and O–H groups in total. The van der Waals surface area contributed by atoms with Crippen molar-refractivity contribution < 1.29 is 18.0 Å². The van der Waals surface area contributed by atoms with Gasteiger partial charge >= 0.3 is 0 Å². The minimum absolute atomic E-state index is 0.0843. The summed E-state index contributed by atoms with van der Waals surface area (Å²) < 4.78 is 29.0. The predicted molar refractivity (Wildman–Crippen MR) is 161 cm³/mol. The lowest BCUT2D eigenvalue weighted by atomic mass is 10.1. The number of carbonyl (C=O) groups excluding carboxylic acids is 2. The lowest BCUT2D eigenvalue weighted by molar-refractivity contribution is -0.140. The lowest BCUT2D eigenvalue weighted by Gasteiger charge is -2.33. The van der Waals surface area contributed by atoms with E-state index < -0.39 is 28.5 Å². The van der Waals surface area contributed by atoms with Crippen LogP contribution in [0.5, 0.6) is 0 Å². The smallest absolute Gasteiger partial charge is 0.264 e. The molecule has 0 aliphatic heterocycles. The van der Waals surface area contributed by atoms with Crippen LogP contribution in [0, 0.1) is 13.8 Å². The maximum absolute atomic E-state index is 14.1. The van der Waals surface area contributed by atoms with Crippen molar-refractivity contribution in [2.24, 2.45) is 0 Å². The third-order valence-electron chi connectivity index (χ3n) is 6.66. The summed E-state index contributed by atoms with van der Waals surface area (Å²) in [6, 6.07) is 19.8. The summed E-state index contributed by atoms with van der Waals surface area (Å²) in [5.41, 5.74) is 2.93. The fourth-order valence-electron chi connectivity index (χ4n) is 4.36. The van der Waals surface area contributed by atoms with E-state index in [1.165, 1.54) is 4.90 Å². The third-order valence-corrected chi connectivity index (χ3v) is 8.70. The van der Waals surface area contributed by atoms with Crippen molar-refractivity contribution in [3.8, 4) is 0 Å². The van der Waals surface area contributed by atoms with E-state index in [1.807, 2.05) is 33.8 Å². The lowest BCUT2D eigenvalue weighted by Crippen LogP contribution is -2.52. The first-order chi connectivity index (χ1) is 19.1. The van der Waals surface area contributed by atoms with E-state index in [-0.39, 0.29) is 17.3 Å². The standard InChI is InChI=1S/C31H38ClN3O4S/c1-5-7-19-33-31(37)29(6-2)34(21-25-13-15-26(32)16-14-25)30(36)22-35(27-10-8-9-24(4)20-27)40(38,39)28-17-11-23(3)12-18-28/h8-18,20,29H,5-7,19,21-22H2,1-4H3,(H,33,37). The van der Waals surface area contributed by atoms with Gasteiger partial charge in [0, 0.05) is 18.1 Å². The van der Waals surface area contributed by atoms with Gasteiger partial charge in [0.25, 0.3) is 10.0 Å². The van der Waals surface area contributed by atoms with Crippen LogP contribution >= 0.6 is 11.6 Å². The molecular formula is C31H38ClN3O4S. The number of hydrogen-bond donors (Lipinski definition) is 1. The highest BCUT2D eigenvalue weighted by Gasteiger charge is 2.33. The highest BCUT2D eigenvalue weighted by molar-refractivity contribution is 7.92. The van der Waals surface area contributed by atoms with Crippen molar-refractivity contribution in [1.82, 2.24) is 10.2 Å². The van der Waals surface area contributed by atoms with Crippen molar-refractivity contribution in [2.75, 3.05) is 17.4 Å². The molecule has 0 fully saturated rings. The molecule has 214 valence electrons. The van der Waals surface area contributed by atoms with E-state index >= 15 is 0 Å². The average molecular weight is 584 g/mol. The molecule has 0 aromatic heterocycles.